The Morgan fingerprint density at radius 2 is 1.31 bits per heavy atom. The second-order valence-corrected chi connectivity index (χ2v) is 7.76. The molecule has 2 aromatic rings. The van der Waals surface area contributed by atoms with Crippen molar-refractivity contribution in [1.29, 1.82) is 0 Å². The minimum absolute atomic E-state index is 0.428. The molecule has 1 atom stereocenters. The van der Waals surface area contributed by atoms with E-state index in [9.17, 15) is 0 Å². The van der Waals surface area contributed by atoms with E-state index < -0.39 is 0 Å². The van der Waals surface area contributed by atoms with E-state index in [1.165, 1.54) is 11.1 Å². The molecule has 0 aliphatic rings. The summed E-state index contributed by atoms with van der Waals surface area (Å²) in [5.41, 5.74) is 4.69. The summed E-state index contributed by atoms with van der Waals surface area (Å²) in [6.07, 6.45) is 1.14. The first kappa shape index (κ1) is 23.2. The van der Waals surface area contributed by atoms with Crippen LogP contribution in [0.25, 0.3) is 0 Å². The zero-order valence-corrected chi connectivity index (χ0v) is 18.8. The SMILES string of the molecule is CCC(C)c1ccc(OCCOc2c(COC)cc(C(C)C)cc2COC)cc1. The van der Waals surface area contributed by atoms with Gasteiger partial charge in [0, 0.05) is 25.3 Å². The van der Waals surface area contributed by atoms with Crippen molar-refractivity contribution < 1.29 is 18.9 Å². The maximum Gasteiger partial charge on any atom is 0.130 e. The minimum Gasteiger partial charge on any atom is -0.490 e. The van der Waals surface area contributed by atoms with Crippen molar-refractivity contribution in [1.82, 2.24) is 0 Å². The van der Waals surface area contributed by atoms with Crippen LogP contribution < -0.4 is 9.47 Å². The van der Waals surface area contributed by atoms with Crippen molar-refractivity contribution in [2.75, 3.05) is 27.4 Å². The Morgan fingerprint density at radius 3 is 1.79 bits per heavy atom. The number of ether oxygens (including phenoxy) is 4. The van der Waals surface area contributed by atoms with Crippen LogP contribution >= 0.6 is 0 Å². The van der Waals surface area contributed by atoms with Crippen LogP contribution in [0.3, 0.4) is 0 Å². The predicted octanol–water partition coefficient (Wildman–Crippen LogP) is 6.07. The average Bonchev–Trinajstić information content (AvgIpc) is 2.72. The Bertz CT molecular complexity index is 710. The molecule has 0 heterocycles. The zero-order valence-electron chi connectivity index (χ0n) is 18.8. The second kappa shape index (κ2) is 11.8. The second-order valence-electron chi connectivity index (χ2n) is 7.76. The normalized spacial score (nSPS) is 12.2. The number of methoxy groups -OCH3 is 2. The molecule has 29 heavy (non-hydrogen) atoms. The van der Waals surface area contributed by atoms with Crippen molar-refractivity contribution >= 4 is 0 Å². The van der Waals surface area contributed by atoms with Crippen LogP contribution in [0.2, 0.25) is 0 Å². The van der Waals surface area contributed by atoms with E-state index in [0.29, 0.717) is 38.3 Å². The van der Waals surface area contributed by atoms with Gasteiger partial charge in [-0.15, -0.1) is 0 Å². The van der Waals surface area contributed by atoms with Crippen LogP contribution in [0.5, 0.6) is 11.5 Å². The van der Waals surface area contributed by atoms with Crippen LogP contribution in [-0.4, -0.2) is 27.4 Å². The first-order chi connectivity index (χ1) is 14.0. The standard InChI is InChI=1S/C25H36O4/c1-7-19(4)20-8-10-24(11-9-20)28-12-13-29-25-22(16-26-5)14-21(18(2)3)15-23(25)17-27-6/h8-11,14-15,18-19H,7,12-13,16-17H2,1-6H3. The zero-order chi connectivity index (χ0) is 21.2. The molecule has 160 valence electrons. The summed E-state index contributed by atoms with van der Waals surface area (Å²) in [4.78, 5) is 0. The number of rotatable bonds is 12. The molecule has 0 amide bonds. The summed E-state index contributed by atoms with van der Waals surface area (Å²) >= 11 is 0. The minimum atomic E-state index is 0.428. The van der Waals surface area contributed by atoms with Gasteiger partial charge in [-0.25, -0.2) is 0 Å². The highest BCUT2D eigenvalue weighted by molar-refractivity contribution is 5.45. The van der Waals surface area contributed by atoms with Crippen LogP contribution in [-0.2, 0) is 22.7 Å². The smallest absolute Gasteiger partial charge is 0.130 e. The lowest BCUT2D eigenvalue weighted by molar-refractivity contribution is 0.164. The van der Waals surface area contributed by atoms with E-state index in [0.717, 1.165) is 29.0 Å². The molecule has 4 heteroatoms. The maximum absolute atomic E-state index is 6.12. The first-order valence-electron chi connectivity index (χ1n) is 10.5. The molecule has 0 saturated heterocycles. The van der Waals surface area contributed by atoms with Crippen LogP contribution in [0.4, 0.5) is 0 Å². The Labute approximate surface area is 176 Å². The third kappa shape index (κ3) is 6.76. The van der Waals surface area contributed by atoms with Crippen LogP contribution in [0.15, 0.2) is 36.4 Å². The molecular weight excluding hydrogens is 364 g/mol. The molecule has 0 radical (unpaired) electrons. The summed E-state index contributed by atoms with van der Waals surface area (Å²) in [6, 6.07) is 12.7. The van der Waals surface area contributed by atoms with Gasteiger partial charge in [0.05, 0.1) is 13.2 Å². The largest absolute Gasteiger partial charge is 0.490 e. The molecule has 0 fully saturated rings. The van der Waals surface area contributed by atoms with E-state index in [4.69, 9.17) is 18.9 Å². The molecule has 1 unspecified atom stereocenters. The third-order valence-corrected chi connectivity index (χ3v) is 5.19. The fourth-order valence-electron chi connectivity index (χ4n) is 3.26. The Hall–Kier alpha value is -2.04. The van der Waals surface area contributed by atoms with E-state index in [1.54, 1.807) is 14.2 Å². The lowest BCUT2D eigenvalue weighted by atomic mass is 9.97. The van der Waals surface area contributed by atoms with Crippen molar-refractivity contribution in [3.8, 4) is 11.5 Å². The molecule has 0 aliphatic heterocycles. The molecular formula is C25H36O4. The summed E-state index contributed by atoms with van der Waals surface area (Å²) in [6.45, 7) is 10.8. The topological polar surface area (TPSA) is 36.9 Å². The van der Waals surface area contributed by atoms with Crippen molar-refractivity contribution in [3.05, 3.63) is 58.7 Å². The van der Waals surface area contributed by atoms with Gasteiger partial charge in [-0.3, -0.25) is 0 Å². The maximum atomic E-state index is 6.12. The molecule has 0 aromatic heterocycles. The van der Waals surface area contributed by atoms with Gasteiger partial charge in [-0.2, -0.15) is 0 Å². The van der Waals surface area contributed by atoms with Crippen molar-refractivity contribution in [3.63, 3.8) is 0 Å². The monoisotopic (exact) mass is 400 g/mol. The molecule has 0 spiro atoms. The summed E-state index contributed by atoms with van der Waals surface area (Å²) in [5.74, 6) is 2.70. The van der Waals surface area contributed by atoms with Gasteiger partial charge in [-0.05, 0) is 53.6 Å². The van der Waals surface area contributed by atoms with Gasteiger partial charge < -0.3 is 18.9 Å². The molecule has 2 aromatic carbocycles. The summed E-state index contributed by atoms with van der Waals surface area (Å²) < 4.78 is 22.8. The fraction of sp³-hybridized carbons (Fsp3) is 0.520. The first-order valence-corrected chi connectivity index (χ1v) is 10.5. The molecule has 0 aliphatic carbocycles. The lowest BCUT2D eigenvalue weighted by Gasteiger charge is -2.19. The number of benzene rings is 2. The Balaban J connectivity index is 2.03. The number of hydrogen-bond donors (Lipinski definition) is 0. The molecule has 0 bridgehead atoms. The van der Waals surface area contributed by atoms with Gasteiger partial charge in [-0.1, -0.05) is 39.8 Å². The van der Waals surface area contributed by atoms with Crippen molar-refractivity contribution in [2.45, 2.75) is 59.2 Å². The average molecular weight is 401 g/mol. The van der Waals surface area contributed by atoms with Gasteiger partial charge in [0.1, 0.15) is 24.7 Å². The van der Waals surface area contributed by atoms with Gasteiger partial charge >= 0.3 is 0 Å². The van der Waals surface area contributed by atoms with E-state index in [2.05, 4.69) is 52.0 Å². The lowest BCUT2D eigenvalue weighted by Crippen LogP contribution is -2.12. The van der Waals surface area contributed by atoms with Gasteiger partial charge in [0.15, 0.2) is 0 Å². The predicted molar refractivity (Wildman–Crippen MR) is 118 cm³/mol. The van der Waals surface area contributed by atoms with Gasteiger partial charge in [0.25, 0.3) is 0 Å². The van der Waals surface area contributed by atoms with Gasteiger partial charge in [0.2, 0.25) is 0 Å². The molecule has 0 N–H and O–H groups in total. The highest BCUT2D eigenvalue weighted by Gasteiger charge is 2.14. The molecule has 4 nitrogen and oxygen atoms in total. The highest BCUT2D eigenvalue weighted by atomic mass is 16.5. The Kier molecular flexibility index (Phi) is 9.49. The van der Waals surface area contributed by atoms with Crippen LogP contribution in [0.1, 0.15) is 68.2 Å². The fourth-order valence-corrected chi connectivity index (χ4v) is 3.26. The van der Waals surface area contributed by atoms with E-state index >= 15 is 0 Å². The third-order valence-electron chi connectivity index (χ3n) is 5.19. The molecule has 0 saturated carbocycles. The van der Waals surface area contributed by atoms with Crippen molar-refractivity contribution in [2.24, 2.45) is 0 Å². The van der Waals surface area contributed by atoms with E-state index in [-0.39, 0.29) is 0 Å². The summed E-state index contributed by atoms with van der Waals surface area (Å²) in [7, 11) is 3.40. The quantitative estimate of drug-likeness (QED) is 0.405. The van der Waals surface area contributed by atoms with Crippen LogP contribution in [0, 0.1) is 0 Å². The summed E-state index contributed by atoms with van der Waals surface area (Å²) in [5, 5.41) is 0. The number of hydrogen-bond acceptors (Lipinski definition) is 4. The molecule has 2 rings (SSSR count). The van der Waals surface area contributed by atoms with E-state index in [1.807, 2.05) is 12.1 Å². The Morgan fingerprint density at radius 1 is 0.759 bits per heavy atom. The highest BCUT2D eigenvalue weighted by Crippen LogP contribution is 2.31.